The molecule has 1 aromatic carbocycles. The maximum absolute atomic E-state index is 12.1. The highest BCUT2D eigenvalue weighted by molar-refractivity contribution is 6.08. The summed E-state index contributed by atoms with van der Waals surface area (Å²) in [5, 5.41) is 2.67. The number of pyridine rings is 1. The number of anilines is 1. The molecule has 96 valence electrons. The Morgan fingerprint density at radius 1 is 1.21 bits per heavy atom. The fourth-order valence-electron chi connectivity index (χ4n) is 1.69. The van der Waals surface area contributed by atoms with Crippen LogP contribution in [0.2, 0.25) is 0 Å². The van der Waals surface area contributed by atoms with E-state index in [4.69, 9.17) is 5.73 Å². The number of benzene rings is 1. The van der Waals surface area contributed by atoms with Gasteiger partial charge in [-0.15, -0.1) is 0 Å². The van der Waals surface area contributed by atoms with E-state index in [0.717, 1.165) is 5.69 Å². The Labute approximate surface area is 110 Å². The molecule has 2 rings (SSSR count). The number of nitrogens with two attached hydrogens (primary N) is 1. The molecule has 0 saturated carbocycles. The third-order valence-corrected chi connectivity index (χ3v) is 2.60. The van der Waals surface area contributed by atoms with Crippen LogP contribution in [0.5, 0.6) is 0 Å². The second kappa shape index (κ2) is 5.30. The molecule has 5 heteroatoms. The second-order valence-electron chi connectivity index (χ2n) is 4.05. The van der Waals surface area contributed by atoms with Crippen LogP contribution in [0.15, 0.2) is 42.6 Å². The predicted octanol–water partition coefficient (Wildman–Crippen LogP) is 1.74. The van der Waals surface area contributed by atoms with Crippen LogP contribution in [0.3, 0.4) is 0 Å². The molecule has 2 amide bonds. The van der Waals surface area contributed by atoms with Crippen LogP contribution in [0, 0.1) is 6.92 Å². The summed E-state index contributed by atoms with van der Waals surface area (Å²) < 4.78 is 0. The van der Waals surface area contributed by atoms with Gasteiger partial charge in [-0.05, 0) is 31.2 Å². The summed E-state index contributed by atoms with van der Waals surface area (Å²) in [6, 6.07) is 9.88. The van der Waals surface area contributed by atoms with Gasteiger partial charge < -0.3 is 11.1 Å². The fraction of sp³-hybridized carbons (Fsp3) is 0.0714. The van der Waals surface area contributed by atoms with Crippen molar-refractivity contribution in [3.05, 3.63) is 59.4 Å². The zero-order valence-electron chi connectivity index (χ0n) is 10.4. The average Bonchev–Trinajstić information content (AvgIpc) is 2.39. The summed E-state index contributed by atoms with van der Waals surface area (Å²) in [4.78, 5) is 27.3. The number of amides is 2. The molecule has 0 aliphatic rings. The van der Waals surface area contributed by atoms with Crippen molar-refractivity contribution in [2.24, 2.45) is 5.73 Å². The van der Waals surface area contributed by atoms with Crippen molar-refractivity contribution in [2.75, 3.05) is 5.32 Å². The van der Waals surface area contributed by atoms with Crippen LogP contribution in [0.1, 0.15) is 26.4 Å². The van der Waals surface area contributed by atoms with Gasteiger partial charge in [-0.25, -0.2) is 0 Å². The molecule has 2 aromatic rings. The Morgan fingerprint density at radius 2 is 1.95 bits per heavy atom. The predicted molar refractivity (Wildman–Crippen MR) is 71.9 cm³/mol. The minimum absolute atomic E-state index is 0.279. The van der Waals surface area contributed by atoms with Gasteiger partial charge in [-0.2, -0.15) is 0 Å². The third-order valence-electron chi connectivity index (χ3n) is 2.60. The molecule has 0 atom stereocenters. The lowest BCUT2D eigenvalue weighted by atomic mass is 10.1. The number of para-hydroxylation sites is 1. The number of hydrogen-bond donors (Lipinski definition) is 2. The van der Waals surface area contributed by atoms with Crippen LogP contribution in [0.4, 0.5) is 5.69 Å². The minimum atomic E-state index is -0.582. The largest absolute Gasteiger partial charge is 0.366 e. The first kappa shape index (κ1) is 12.8. The number of hydrogen-bond acceptors (Lipinski definition) is 3. The van der Waals surface area contributed by atoms with E-state index >= 15 is 0 Å². The first-order chi connectivity index (χ1) is 9.08. The van der Waals surface area contributed by atoms with Gasteiger partial charge in [-0.1, -0.05) is 12.1 Å². The molecule has 0 unspecified atom stereocenters. The van der Waals surface area contributed by atoms with Gasteiger partial charge in [0.25, 0.3) is 11.8 Å². The van der Waals surface area contributed by atoms with Crippen molar-refractivity contribution < 1.29 is 9.59 Å². The monoisotopic (exact) mass is 255 g/mol. The molecule has 0 radical (unpaired) electrons. The zero-order chi connectivity index (χ0) is 13.8. The van der Waals surface area contributed by atoms with E-state index in [-0.39, 0.29) is 11.5 Å². The fourth-order valence-corrected chi connectivity index (χ4v) is 1.69. The third kappa shape index (κ3) is 2.95. The summed E-state index contributed by atoms with van der Waals surface area (Å²) in [7, 11) is 0. The van der Waals surface area contributed by atoms with Crippen LogP contribution in [0.25, 0.3) is 0 Å². The number of rotatable bonds is 3. The van der Waals surface area contributed by atoms with Gasteiger partial charge in [0.05, 0.1) is 11.3 Å². The highest BCUT2D eigenvalue weighted by Gasteiger charge is 2.11. The summed E-state index contributed by atoms with van der Waals surface area (Å²) >= 11 is 0. The van der Waals surface area contributed by atoms with Crippen LogP contribution < -0.4 is 11.1 Å². The Bertz CT molecular complexity index is 638. The van der Waals surface area contributed by atoms with Gasteiger partial charge in [0.2, 0.25) is 0 Å². The van der Waals surface area contributed by atoms with Crippen molar-refractivity contribution in [2.45, 2.75) is 6.92 Å². The van der Waals surface area contributed by atoms with E-state index in [1.807, 2.05) is 0 Å². The number of carbonyl (C=O) groups is 2. The molecular formula is C14H13N3O2. The molecule has 1 aromatic heterocycles. The zero-order valence-corrected chi connectivity index (χ0v) is 10.4. The van der Waals surface area contributed by atoms with Crippen molar-refractivity contribution >= 4 is 17.5 Å². The average molecular weight is 255 g/mol. The number of carbonyl (C=O) groups excluding carboxylic acids is 2. The SMILES string of the molecule is Cc1cc(C(=O)Nc2ccccc2C(N)=O)ccn1. The van der Waals surface area contributed by atoms with Crippen LogP contribution in [-0.4, -0.2) is 16.8 Å². The minimum Gasteiger partial charge on any atom is -0.366 e. The van der Waals surface area contributed by atoms with E-state index in [2.05, 4.69) is 10.3 Å². The van der Waals surface area contributed by atoms with Crippen molar-refractivity contribution in [1.29, 1.82) is 0 Å². The number of primary amides is 1. The Balaban J connectivity index is 2.27. The van der Waals surface area contributed by atoms with Crippen LogP contribution >= 0.6 is 0 Å². The van der Waals surface area contributed by atoms with Crippen molar-refractivity contribution in [3.63, 3.8) is 0 Å². The normalized spacial score (nSPS) is 9.95. The highest BCUT2D eigenvalue weighted by atomic mass is 16.2. The van der Waals surface area contributed by atoms with E-state index in [1.165, 1.54) is 0 Å². The van der Waals surface area contributed by atoms with Gasteiger partial charge in [0.15, 0.2) is 0 Å². The number of nitrogens with one attached hydrogen (secondary N) is 1. The van der Waals surface area contributed by atoms with Gasteiger partial charge >= 0.3 is 0 Å². The van der Waals surface area contributed by atoms with Gasteiger partial charge in [-0.3, -0.25) is 14.6 Å². The Morgan fingerprint density at radius 3 is 2.63 bits per heavy atom. The molecule has 0 fully saturated rings. The van der Waals surface area contributed by atoms with E-state index < -0.39 is 5.91 Å². The van der Waals surface area contributed by atoms with Gasteiger partial charge in [0.1, 0.15) is 0 Å². The van der Waals surface area contributed by atoms with E-state index in [0.29, 0.717) is 11.3 Å². The second-order valence-corrected chi connectivity index (χ2v) is 4.05. The van der Waals surface area contributed by atoms with Gasteiger partial charge in [0, 0.05) is 17.5 Å². The molecule has 0 aliphatic heterocycles. The van der Waals surface area contributed by atoms with Crippen LogP contribution in [-0.2, 0) is 0 Å². The first-order valence-electron chi connectivity index (χ1n) is 5.71. The summed E-state index contributed by atoms with van der Waals surface area (Å²) in [5.41, 5.74) is 7.15. The molecule has 1 heterocycles. The molecule has 0 saturated heterocycles. The molecule has 19 heavy (non-hydrogen) atoms. The Kier molecular flexibility index (Phi) is 3.56. The first-order valence-corrected chi connectivity index (χ1v) is 5.71. The highest BCUT2D eigenvalue weighted by Crippen LogP contribution is 2.15. The lowest BCUT2D eigenvalue weighted by molar-refractivity contribution is 0.100. The smallest absolute Gasteiger partial charge is 0.255 e. The Hall–Kier alpha value is -2.69. The molecular weight excluding hydrogens is 242 g/mol. The number of nitrogens with zero attached hydrogens (tertiary/aromatic N) is 1. The maximum Gasteiger partial charge on any atom is 0.255 e. The molecule has 0 aliphatic carbocycles. The molecule has 0 bridgehead atoms. The van der Waals surface area contributed by atoms with Crippen molar-refractivity contribution in [3.8, 4) is 0 Å². The van der Waals surface area contributed by atoms with Crippen molar-refractivity contribution in [1.82, 2.24) is 4.98 Å². The standard InChI is InChI=1S/C14H13N3O2/c1-9-8-10(6-7-16-9)14(19)17-12-5-3-2-4-11(12)13(15)18/h2-8H,1H3,(H2,15,18)(H,17,19). The topological polar surface area (TPSA) is 85.1 Å². The number of aromatic nitrogens is 1. The summed E-state index contributed by atoms with van der Waals surface area (Å²) in [6.07, 6.45) is 1.56. The lowest BCUT2D eigenvalue weighted by Gasteiger charge is -2.08. The molecule has 5 nitrogen and oxygen atoms in total. The van der Waals surface area contributed by atoms with E-state index in [1.54, 1.807) is 49.5 Å². The summed E-state index contributed by atoms with van der Waals surface area (Å²) in [5.74, 6) is -0.888. The maximum atomic E-state index is 12.1. The lowest BCUT2D eigenvalue weighted by Crippen LogP contribution is -2.18. The summed E-state index contributed by atoms with van der Waals surface area (Å²) in [6.45, 7) is 1.80. The molecule has 3 N–H and O–H groups in total. The van der Waals surface area contributed by atoms with E-state index in [9.17, 15) is 9.59 Å². The number of aryl methyl sites for hydroxylation is 1. The molecule has 0 spiro atoms. The quantitative estimate of drug-likeness (QED) is 0.876.